The van der Waals surface area contributed by atoms with Gasteiger partial charge in [-0.25, -0.2) is 0 Å². The van der Waals surface area contributed by atoms with Gasteiger partial charge in [-0.1, -0.05) is 13.3 Å². The van der Waals surface area contributed by atoms with Crippen LogP contribution in [0.15, 0.2) is 11.8 Å². The molecule has 0 spiro atoms. The molecule has 3 aliphatic carbocycles. The second-order valence-corrected chi connectivity index (χ2v) is 7.87. The van der Waals surface area contributed by atoms with Gasteiger partial charge in [0.25, 0.3) is 0 Å². The molecule has 150 valence electrons. The first-order valence-corrected chi connectivity index (χ1v) is 9.36. The Bertz CT molecular complexity index is 666. The molecule has 7 heteroatoms. The highest BCUT2D eigenvalue weighted by atomic mass is 16.5. The summed E-state index contributed by atoms with van der Waals surface area (Å²) < 4.78 is 20.9. The lowest BCUT2D eigenvalue weighted by Gasteiger charge is -2.52. The molecule has 3 aliphatic rings. The van der Waals surface area contributed by atoms with Gasteiger partial charge in [0.05, 0.1) is 39.6 Å². The SMILES string of the molecule is COC(=O)C1(C(=O)OC)C[C@@H]2C=C(OC)[C@@H](C)[C@]3(C(=O)OC)CCC[C@H]1[C@H]23. The van der Waals surface area contributed by atoms with Gasteiger partial charge in [-0.05, 0) is 43.1 Å². The maximum absolute atomic E-state index is 13.1. The van der Waals surface area contributed by atoms with Gasteiger partial charge in [-0.2, -0.15) is 0 Å². The highest BCUT2D eigenvalue weighted by molar-refractivity contribution is 6.01. The average molecular weight is 380 g/mol. The third-order valence-electron chi connectivity index (χ3n) is 7.26. The van der Waals surface area contributed by atoms with Crippen molar-refractivity contribution in [3.63, 3.8) is 0 Å². The first-order valence-electron chi connectivity index (χ1n) is 9.36. The number of carbonyl (C=O) groups is 3. The van der Waals surface area contributed by atoms with Gasteiger partial charge in [0, 0.05) is 5.92 Å². The highest BCUT2D eigenvalue weighted by Crippen LogP contribution is 2.68. The van der Waals surface area contributed by atoms with Crippen LogP contribution in [0.4, 0.5) is 0 Å². The number of carbonyl (C=O) groups excluding carboxylic acids is 3. The lowest BCUT2D eigenvalue weighted by molar-refractivity contribution is -0.181. The fourth-order valence-electron chi connectivity index (χ4n) is 6.25. The van der Waals surface area contributed by atoms with Crippen LogP contribution in [0.3, 0.4) is 0 Å². The van der Waals surface area contributed by atoms with Crippen molar-refractivity contribution in [3.8, 4) is 0 Å². The number of ether oxygens (including phenoxy) is 4. The van der Waals surface area contributed by atoms with E-state index in [1.807, 2.05) is 13.0 Å². The van der Waals surface area contributed by atoms with Gasteiger partial charge in [-0.15, -0.1) is 0 Å². The molecule has 0 radical (unpaired) electrons. The van der Waals surface area contributed by atoms with E-state index < -0.39 is 22.8 Å². The van der Waals surface area contributed by atoms with Crippen LogP contribution < -0.4 is 0 Å². The smallest absolute Gasteiger partial charge is 0.323 e. The van der Waals surface area contributed by atoms with Gasteiger partial charge in [-0.3, -0.25) is 14.4 Å². The monoisotopic (exact) mass is 380 g/mol. The largest absolute Gasteiger partial charge is 0.501 e. The zero-order chi connectivity index (χ0) is 20.0. The molecule has 0 bridgehead atoms. The van der Waals surface area contributed by atoms with E-state index in [4.69, 9.17) is 18.9 Å². The van der Waals surface area contributed by atoms with Crippen molar-refractivity contribution in [3.05, 3.63) is 11.8 Å². The minimum atomic E-state index is -1.40. The minimum Gasteiger partial charge on any atom is -0.501 e. The molecule has 7 nitrogen and oxygen atoms in total. The molecule has 0 aromatic carbocycles. The molecular weight excluding hydrogens is 352 g/mol. The van der Waals surface area contributed by atoms with Crippen molar-refractivity contribution < 1.29 is 33.3 Å². The van der Waals surface area contributed by atoms with Gasteiger partial charge in [0.1, 0.15) is 0 Å². The van der Waals surface area contributed by atoms with Crippen molar-refractivity contribution in [2.24, 2.45) is 34.5 Å². The lowest BCUT2D eigenvalue weighted by atomic mass is 9.51. The number of esters is 3. The van der Waals surface area contributed by atoms with Crippen LogP contribution in [0.25, 0.3) is 0 Å². The van der Waals surface area contributed by atoms with E-state index >= 15 is 0 Å². The standard InChI is InChI=1S/C20H28O7/c1-11-14(24-2)9-12-10-20(17(22)26-4,18(23)27-5)13-7-6-8-19(11,15(12)13)16(21)25-3/h9,11-13,15H,6-8,10H2,1-5H3/t11-,12+,13+,15+,19-/m1/s1. The molecule has 3 rings (SSSR count). The summed E-state index contributed by atoms with van der Waals surface area (Å²) in [5, 5.41) is 0. The molecule has 0 aromatic rings. The average Bonchev–Trinajstić information content (AvgIpc) is 3.05. The predicted octanol–water partition coefficient (Wildman–Crippen LogP) is 2.09. The van der Waals surface area contributed by atoms with Crippen LogP contribution in [-0.2, 0) is 33.3 Å². The summed E-state index contributed by atoms with van der Waals surface area (Å²) in [6, 6.07) is 0. The topological polar surface area (TPSA) is 88.1 Å². The van der Waals surface area contributed by atoms with Crippen LogP contribution in [0.1, 0.15) is 32.6 Å². The van der Waals surface area contributed by atoms with Crippen molar-refractivity contribution in [1.82, 2.24) is 0 Å². The highest BCUT2D eigenvalue weighted by Gasteiger charge is 2.72. The first kappa shape index (κ1) is 19.7. The van der Waals surface area contributed by atoms with E-state index in [0.717, 1.165) is 0 Å². The van der Waals surface area contributed by atoms with Crippen molar-refractivity contribution in [2.75, 3.05) is 28.4 Å². The second kappa shape index (κ2) is 6.84. The zero-order valence-corrected chi connectivity index (χ0v) is 16.6. The molecule has 0 saturated heterocycles. The number of methoxy groups -OCH3 is 4. The van der Waals surface area contributed by atoms with Crippen molar-refractivity contribution in [2.45, 2.75) is 32.6 Å². The molecule has 27 heavy (non-hydrogen) atoms. The molecular formula is C20H28O7. The van der Waals surface area contributed by atoms with Gasteiger partial charge in [0.2, 0.25) is 0 Å². The fraction of sp³-hybridized carbons (Fsp3) is 0.750. The molecule has 0 aromatic heterocycles. The molecule has 0 N–H and O–H groups in total. The Morgan fingerprint density at radius 2 is 1.59 bits per heavy atom. The number of hydrogen-bond donors (Lipinski definition) is 0. The van der Waals surface area contributed by atoms with Gasteiger partial charge < -0.3 is 18.9 Å². The fourth-order valence-corrected chi connectivity index (χ4v) is 6.25. The van der Waals surface area contributed by atoms with E-state index in [1.54, 1.807) is 7.11 Å². The number of rotatable bonds is 4. The molecule has 2 saturated carbocycles. The summed E-state index contributed by atoms with van der Waals surface area (Å²) in [6.45, 7) is 1.96. The van der Waals surface area contributed by atoms with E-state index in [1.165, 1.54) is 21.3 Å². The van der Waals surface area contributed by atoms with Gasteiger partial charge >= 0.3 is 17.9 Å². The Balaban J connectivity index is 2.23. The first-order chi connectivity index (χ1) is 12.8. The lowest BCUT2D eigenvalue weighted by Crippen LogP contribution is -2.55. The van der Waals surface area contributed by atoms with E-state index in [9.17, 15) is 14.4 Å². The molecule has 2 fully saturated rings. The van der Waals surface area contributed by atoms with E-state index in [-0.39, 0.29) is 36.1 Å². The summed E-state index contributed by atoms with van der Waals surface area (Å²) >= 11 is 0. The van der Waals surface area contributed by atoms with Crippen molar-refractivity contribution in [1.29, 1.82) is 0 Å². The Hall–Kier alpha value is -2.05. The number of allylic oxidation sites excluding steroid dienone is 2. The summed E-state index contributed by atoms with van der Waals surface area (Å²) in [4.78, 5) is 38.8. The van der Waals surface area contributed by atoms with E-state index in [2.05, 4.69) is 0 Å². The second-order valence-electron chi connectivity index (χ2n) is 7.87. The molecule has 5 atom stereocenters. The minimum absolute atomic E-state index is 0.168. The van der Waals surface area contributed by atoms with E-state index in [0.29, 0.717) is 25.0 Å². The van der Waals surface area contributed by atoms with Crippen molar-refractivity contribution >= 4 is 17.9 Å². The third-order valence-corrected chi connectivity index (χ3v) is 7.26. The summed E-state index contributed by atoms with van der Waals surface area (Å²) in [6.07, 6.45) is 4.23. The van der Waals surface area contributed by atoms with Gasteiger partial charge in [0.15, 0.2) is 5.41 Å². The van der Waals surface area contributed by atoms with Crippen LogP contribution in [0, 0.1) is 34.5 Å². The van der Waals surface area contributed by atoms with Crippen LogP contribution in [0.2, 0.25) is 0 Å². The van der Waals surface area contributed by atoms with Crippen LogP contribution in [0.5, 0.6) is 0 Å². The summed E-state index contributed by atoms with van der Waals surface area (Å²) in [5.41, 5.74) is -2.23. The van der Waals surface area contributed by atoms with Crippen LogP contribution in [-0.4, -0.2) is 46.3 Å². The molecule has 0 aliphatic heterocycles. The number of hydrogen-bond acceptors (Lipinski definition) is 7. The maximum atomic E-state index is 13.1. The maximum Gasteiger partial charge on any atom is 0.323 e. The summed E-state index contributed by atoms with van der Waals surface area (Å²) in [5.74, 6) is -1.69. The Kier molecular flexibility index (Phi) is 4.99. The Labute approximate surface area is 159 Å². The molecule has 0 heterocycles. The summed E-state index contributed by atoms with van der Waals surface area (Å²) in [7, 11) is 5.53. The Morgan fingerprint density at radius 1 is 1.00 bits per heavy atom. The Morgan fingerprint density at radius 3 is 2.11 bits per heavy atom. The quantitative estimate of drug-likeness (QED) is 0.419. The third kappa shape index (κ3) is 2.36. The normalized spacial score (nSPS) is 36.1. The molecule has 0 unspecified atom stereocenters. The predicted molar refractivity (Wildman–Crippen MR) is 94.1 cm³/mol. The molecule has 0 amide bonds. The van der Waals surface area contributed by atoms with Crippen LogP contribution >= 0.6 is 0 Å². The zero-order valence-electron chi connectivity index (χ0n) is 16.6.